The molecule has 0 aliphatic rings. The largest absolute Gasteiger partial charge is 0.364 e. The summed E-state index contributed by atoms with van der Waals surface area (Å²) in [5.41, 5.74) is 0.316. The molecule has 1 aromatic rings. The van der Waals surface area contributed by atoms with Crippen LogP contribution in [0.4, 0.5) is 0 Å². The Morgan fingerprint density at radius 1 is 1.62 bits per heavy atom. The summed E-state index contributed by atoms with van der Waals surface area (Å²) < 4.78 is 4.54. The zero-order valence-electron chi connectivity index (χ0n) is 7.54. The molecule has 5 heteroatoms. The fraction of sp³-hybridized carbons (Fsp3) is 0.500. The molecule has 1 heterocycles. The van der Waals surface area contributed by atoms with E-state index in [9.17, 15) is 4.79 Å². The Morgan fingerprint density at radius 2 is 2.46 bits per heavy atom. The monoisotopic (exact) mass is 183 g/mol. The average Bonchev–Trinajstić information content (AvgIpc) is 2.65. The quantitative estimate of drug-likeness (QED) is 0.631. The summed E-state index contributed by atoms with van der Waals surface area (Å²) in [5.74, 6) is -0.202. The summed E-state index contributed by atoms with van der Waals surface area (Å²) in [6, 6.07) is 1.53. The van der Waals surface area contributed by atoms with Crippen LogP contribution in [0, 0.1) is 0 Å². The molecule has 13 heavy (non-hydrogen) atoms. The minimum absolute atomic E-state index is 0.202. The first-order valence-electron chi connectivity index (χ1n) is 4.24. The van der Waals surface area contributed by atoms with E-state index in [-0.39, 0.29) is 5.91 Å². The second-order valence-electron chi connectivity index (χ2n) is 2.49. The maximum Gasteiger partial charge on any atom is 0.273 e. The van der Waals surface area contributed by atoms with E-state index in [1.54, 1.807) is 0 Å². The number of carbonyl (C=O) groups is 1. The fourth-order valence-electron chi connectivity index (χ4n) is 0.861. The van der Waals surface area contributed by atoms with E-state index >= 15 is 0 Å². The van der Waals surface area contributed by atoms with Gasteiger partial charge in [0.25, 0.3) is 5.91 Å². The average molecular weight is 183 g/mol. The molecule has 0 fully saturated rings. The molecule has 0 saturated carbocycles. The van der Waals surface area contributed by atoms with Crippen molar-refractivity contribution in [2.45, 2.75) is 6.92 Å². The first-order valence-corrected chi connectivity index (χ1v) is 4.24. The second kappa shape index (κ2) is 5.31. The van der Waals surface area contributed by atoms with Crippen molar-refractivity contribution in [1.82, 2.24) is 15.8 Å². The number of likely N-dealkylation sites (N-methyl/N-ethyl adjacent to an activating group) is 1. The van der Waals surface area contributed by atoms with E-state index in [0.717, 1.165) is 13.1 Å². The van der Waals surface area contributed by atoms with Gasteiger partial charge in [-0.1, -0.05) is 12.1 Å². The Labute approximate surface area is 76.5 Å². The van der Waals surface area contributed by atoms with E-state index < -0.39 is 0 Å². The molecule has 0 spiro atoms. The van der Waals surface area contributed by atoms with E-state index in [1.807, 2.05) is 6.92 Å². The fourth-order valence-corrected chi connectivity index (χ4v) is 0.861. The Kier molecular flexibility index (Phi) is 3.98. The maximum atomic E-state index is 11.2. The predicted molar refractivity (Wildman–Crippen MR) is 47.4 cm³/mol. The van der Waals surface area contributed by atoms with Crippen molar-refractivity contribution in [2.24, 2.45) is 0 Å². The van der Waals surface area contributed by atoms with Gasteiger partial charge in [-0.25, -0.2) is 0 Å². The highest BCUT2D eigenvalue weighted by atomic mass is 16.5. The van der Waals surface area contributed by atoms with Crippen molar-refractivity contribution >= 4 is 5.91 Å². The summed E-state index contributed by atoms with van der Waals surface area (Å²) in [5, 5.41) is 9.29. The van der Waals surface area contributed by atoms with Gasteiger partial charge in [-0.3, -0.25) is 4.79 Å². The molecule has 2 N–H and O–H groups in total. The van der Waals surface area contributed by atoms with Crippen molar-refractivity contribution in [2.75, 3.05) is 19.6 Å². The Hall–Kier alpha value is -1.36. The van der Waals surface area contributed by atoms with Gasteiger partial charge in [0, 0.05) is 19.2 Å². The predicted octanol–water partition coefficient (Wildman–Crippen LogP) is 0.0139. The summed E-state index contributed by atoms with van der Waals surface area (Å²) in [6.07, 6.45) is 1.37. The highest BCUT2D eigenvalue weighted by Gasteiger charge is 2.06. The molecule has 0 unspecified atom stereocenters. The Morgan fingerprint density at radius 3 is 3.08 bits per heavy atom. The lowest BCUT2D eigenvalue weighted by Crippen LogP contribution is -2.31. The van der Waals surface area contributed by atoms with E-state index in [0.29, 0.717) is 12.2 Å². The molecule has 0 atom stereocenters. The molecular weight excluding hydrogens is 170 g/mol. The molecule has 0 aliphatic carbocycles. The summed E-state index contributed by atoms with van der Waals surface area (Å²) in [4.78, 5) is 11.2. The minimum Gasteiger partial charge on any atom is -0.364 e. The molecule has 0 saturated heterocycles. The van der Waals surface area contributed by atoms with Crippen molar-refractivity contribution < 1.29 is 9.32 Å². The smallest absolute Gasteiger partial charge is 0.273 e. The number of hydrogen-bond acceptors (Lipinski definition) is 4. The van der Waals surface area contributed by atoms with Gasteiger partial charge in [0.2, 0.25) is 0 Å². The standard InChI is InChI=1S/C8H13N3O2/c1-2-9-4-5-10-8(12)7-3-6-13-11-7/h3,6,9H,2,4-5H2,1H3,(H,10,12). The number of aromatic nitrogens is 1. The van der Waals surface area contributed by atoms with Crippen LogP contribution in [0.25, 0.3) is 0 Å². The van der Waals surface area contributed by atoms with E-state index in [1.165, 1.54) is 12.3 Å². The lowest BCUT2D eigenvalue weighted by Gasteiger charge is -2.02. The Bertz CT molecular complexity index is 246. The minimum atomic E-state index is -0.202. The molecule has 1 aromatic heterocycles. The van der Waals surface area contributed by atoms with Crippen LogP contribution in [-0.2, 0) is 0 Å². The molecule has 0 aromatic carbocycles. The number of rotatable bonds is 5. The Balaban J connectivity index is 2.19. The van der Waals surface area contributed by atoms with Gasteiger partial charge in [0.05, 0.1) is 0 Å². The van der Waals surface area contributed by atoms with Crippen LogP contribution < -0.4 is 10.6 Å². The third-order valence-electron chi connectivity index (χ3n) is 1.51. The van der Waals surface area contributed by atoms with Gasteiger partial charge in [-0.05, 0) is 6.54 Å². The number of carbonyl (C=O) groups excluding carboxylic acids is 1. The van der Waals surface area contributed by atoms with Crippen molar-refractivity contribution in [3.8, 4) is 0 Å². The number of nitrogens with one attached hydrogen (secondary N) is 2. The molecule has 0 bridgehead atoms. The SMILES string of the molecule is CCNCCNC(=O)c1ccon1. The van der Waals surface area contributed by atoms with Crippen LogP contribution in [-0.4, -0.2) is 30.7 Å². The summed E-state index contributed by atoms with van der Waals surface area (Å²) in [6.45, 7) is 4.28. The lowest BCUT2D eigenvalue weighted by atomic mass is 10.4. The number of amides is 1. The van der Waals surface area contributed by atoms with E-state index in [4.69, 9.17) is 0 Å². The maximum absolute atomic E-state index is 11.2. The molecular formula is C8H13N3O2. The molecule has 5 nitrogen and oxygen atoms in total. The third kappa shape index (κ3) is 3.25. The van der Waals surface area contributed by atoms with Crippen LogP contribution in [0.3, 0.4) is 0 Å². The van der Waals surface area contributed by atoms with E-state index in [2.05, 4.69) is 20.3 Å². The highest BCUT2D eigenvalue weighted by molar-refractivity contribution is 5.91. The van der Waals surface area contributed by atoms with Crippen molar-refractivity contribution in [1.29, 1.82) is 0 Å². The molecule has 0 radical (unpaired) electrons. The molecule has 1 rings (SSSR count). The van der Waals surface area contributed by atoms with Crippen LogP contribution in [0.5, 0.6) is 0 Å². The highest BCUT2D eigenvalue weighted by Crippen LogP contribution is 1.92. The van der Waals surface area contributed by atoms with Gasteiger partial charge in [0.15, 0.2) is 5.69 Å². The van der Waals surface area contributed by atoms with Gasteiger partial charge in [0.1, 0.15) is 6.26 Å². The second-order valence-corrected chi connectivity index (χ2v) is 2.49. The zero-order chi connectivity index (χ0) is 9.52. The van der Waals surface area contributed by atoms with Gasteiger partial charge >= 0.3 is 0 Å². The lowest BCUT2D eigenvalue weighted by molar-refractivity contribution is 0.0945. The first kappa shape index (κ1) is 9.73. The van der Waals surface area contributed by atoms with Crippen LogP contribution >= 0.6 is 0 Å². The van der Waals surface area contributed by atoms with Crippen molar-refractivity contribution in [3.63, 3.8) is 0 Å². The summed E-state index contributed by atoms with van der Waals surface area (Å²) in [7, 11) is 0. The first-order chi connectivity index (χ1) is 6.34. The van der Waals surface area contributed by atoms with Gasteiger partial charge < -0.3 is 15.2 Å². The van der Waals surface area contributed by atoms with Crippen LogP contribution in [0.2, 0.25) is 0 Å². The topological polar surface area (TPSA) is 67.2 Å². The number of hydrogen-bond donors (Lipinski definition) is 2. The zero-order valence-corrected chi connectivity index (χ0v) is 7.54. The van der Waals surface area contributed by atoms with Crippen molar-refractivity contribution in [3.05, 3.63) is 18.0 Å². The van der Waals surface area contributed by atoms with Crippen LogP contribution in [0.1, 0.15) is 17.4 Å². The molecule has 0 aliphatic heterocycles. The van der Waals surface area contributed by atoms with Gasteiger partial charge in [-0.15, -0.1) is 0 Å². The molecule has 72 valence electrons. The third-order valence-corrected chi connectivity index (χ3v) is 1.51. The summed E-state index contributed by atoms with van der Waals surface area (Å²) >= 11 is 0. The van der Waals surface area contributed by atoms with Crippen LogP contribution in [0.15, 0.2) is 16.9 Å². The number of nitrogens with zero attached hydrogens (tertiary/aromatic N) is 1. The normalized spacial score (nSPS) is 9.92. The molecule has 1 amide bonds. The van der Waals surface area contributed by atoms with Gasteiger partial charge in [-0.2, -0.15) is 0 Å².